The van der Waals surface area contributed by atoms with Gasteiger partial charge in [-0.1, -0.05) is 36.2 Å². The van der Waals surface area contributed by atoms with Gasteiger partial charge in [0.05, 0.1) is 23.9 Å². The van der Waals surface area contributed by atoms with E-state index < -0.39 is 10.0 Å². The lowest BCUT2D eigenvalue weighted by atomic mass is 9.79. The summed E-state index contributed by atoms with van der Waals surface area (Å²) in [5.41, 5.74) is 2.62. The fourth-order valence-corrected chi connectivity index (χ4v) is 7.88. The third kappa shape index (κ3) is 3.96. The van der Waals surface area contributed by atoms with Crippen LogP contribution in [0.5, 0.6) is 0 Å². The van der Waals surface area contributed by atoms with E-state index in [0.29, 0.717) is 44.1 Å². The second kappa shape index (κ2) is 9.26. The van der Waals surface area contributed by atoms with Crippen LogP contribution in [-0.2, 0) is 23.2 Å². The smallest absolute Gasteiger partial charge is 0.245 e. The van der Waals surface area contributed by atoms with Crippen LogP contribution in [0.1, 0.15) is 29.7 Å². The number of hydrogen-bond acceptors (Lipinski definition) is 6. The molecule has 5 rings (SSSR count). The van der Waals surface area contributed by atoms with Crippen LogP contribution in [-0.4, -0.2) is 42.6 Å². The summed E-state index contributed by atoms with van der Waals surface area (Å²) in [5, 5.41) is 19.9. The largest absolute Gasteiger partial charge is 0.392 e. The molecule has 0 amide bonds. The van der Waals surface area contributed by atoms with Gasteiger partial charge in [0.1, 0.15) is 4.90 Å². The number of benzene rings is 2. The number of sulfonamides is 1. The zero-order valence-corrected chi connectivity index (χ0v) is 21.2. The molecule has 3 aromatic rings. The van der Waals surface area contributed by atoms with Crippen molar-refractivity contribution in [3.8, 4) is 10.4 Å². The number of aliphatic hydroxyl groups excluding tert-OH is 2. The molecule has 0 saturated heterocycles. The predicted octanol–water partition coefficient (Wildman–Crippen LogP) is 4.99. The molecule has 9 heteroatoms. The lowest BCUT2D eigenvalue weighted by Crippen LogP contribution is -2.47. The summed E-state index contributed by atoms with van der Waals surface area (Å²) in [7, 11) is -2.13. The molecule has 1 aromatic heterocycles. The minimum Gasteiger partial charge on any atom is -0.392 e. The molecule has 2 aliphatic rings. The van der Waals surface area contributed by atoms with Crippen LogP contribution in [0.3, 0.4) is 0 Å². The van der Waals surface area contributed by atoms with Crippen LogP contribution in [0, 0.1) is 5.92 Å². The molecule has 1 aliphatic carbocycles. The molecule has 0 bridgehead atoms. The van der Waals surface area contributed by atoms with E-state index in [1.165, 1.54) is 15.6 Å². The van der Waals surface area contributed by atoms with E-state index in [1.54, 1.807) is 25.2 Å². The number of halogens is 1. The van der Waals surface area contributed by atoms with Gasteiger partial charge in [-0.25, -0.2) is 8.42 Å². The maximum atomic E-state index is 13.9. The molecule has 180 valence electrons. The Balaban J connectivity index is 1.73. The number of aliphatic hydroxyl groups is 2. The van der Waals surface area contributed by atoms with Crippen molar-refractivity contribution in [1.29, 1.82) is 0 Å². The highest BCUT2D eigenvalue weighted by Crippen LogP contribution is 2.46. The molecule has 1 fully saturated rings. The lowest BCUT2D eigenvalue weighted by Gasteiger charge is -2.39. The van der Waals surface area contributed by atoms with E-state index in [9.17, 15) is 18.6 Å². The Morgan fingerprint density at radius 1 is 1.09 bits per heavy atom. The molecular formula is C25H27ClN2O4S2. The van der Waals surface area contributed by atoms with Crippen LogP contribution in [0.25, 0.3) is 10.4 Å². The average Bonchev–Trinajstić information content (AvgIpc) is 3.20. The maximum Gasteiger partial charge on any atom is 0.245 e. The van der Waals surface area contributed by atoms with Gasteiger partial charge in [0.15, 0.2) is 0 Å². The monoisotopic (exact) mass is 518 g/mol. The summed E-state index contributed by atoms with van der Waals surface area (Å²) in [6.07, 6.45) is 3.17. The second-order valence-electron chi connectivity index (χ2n) is 8.91. The molecule has 2 aromatic carbocycles. The highest BCUT2D eigenvalue weighted by Gasteiger charge is 2.42. The number of anilines is 2. The number of thiophene rings is 1. The van der Waals surface area contributed by atoms with Crippen molar-refractivity contribution < 1.29 is 18.6 Å². The van der Waals surface area contributed by atoms with E-state index in [-0.39, 0.29) is 24.2 Å². The standard InChI is InChI=1S/C25H27ClN2O4S2/c1-27-23(16-6-5-7-16)13-28(18-8-3-2-4-9-18)22-12-21(26)20(11-24(22)34(27,31)32)25-17(14-29)10-19(15-30)33-25/h2-4,8-12,16,23,29-30H,5-7,13-15H2,1H3/t23-/m0/s1. The third-order valence-corrected chi connectivity index (χ3v) is 10.4. The van der Waals surface area contributed by atoms with E-state index >= 15 is 0 Å². The van der Waals surface area contributed by atoms with Crippen LogP contribution in [0.2, 0.25) is 5.02 Å². The van der Waals surface area contributed by atoms with Crippen LogP contribution in [0.15, 0.2) is 53.4 Å². The fourth-order valence-electron chi connectivity index (χ4n) is 4.90. The number of para-hydroxylation sites is 1. The SMILES string of the molecule is CN1[C@H](C2CCC2)CN(c2ccccc2)c2cc(Cl)c(-c3sc(CO)cc3CO)cc2S1(=O)=O. The Bertz CT molecular complexity index is 1310. The van der Waals surface area contributed by atoms with Gasteiger partial charge < -0.3 is 15.1 Å². The van der Waals surface area contributed by atoms with Crippen molar-refractivity contribution in [1.82, 2.24) is 4.31 Å². The summed E-state index contributed by atoms with van der Waals surface area (Å²) in [6.45, 7) is 0.153. The van der Waals surface area contributed by atoms with Gasteiger partial charge in [0.2, 0.25) is 10.0 Å². The van der Waals surface area contributed by atoms with Crippen molar-refractivity contribution in [2.24, 2.45) is 5.92 Å². The van der Waals surface area contributed by atoms with Crippen molar-refractivity contribution in [3.05, 3.63) is 64.0 Å². The Kier molecular flexibility index (Phi) is 6.48. The summed E-state index contributed by atoms with van der Waals surface area (Å²) in [6, 6.07) is 14.7. The Morgan fingerprint density at radius 2 is 1.82 bits per heavy atom. The molecular weight excluding hydrogens is 492 g/mol. The van der Waals surface area contributed by atoms with Crippen LogP contribution < -0.4 is 4.90 Å². The van der Waals surface area contributed by atoms with E-state index in [1.807, 2.05) is 30.3 Å². The van der Waals surface area contributed by atoms with Crippen molar-refractivity contribution in [2.45, 2.75) is 43.4 Å². The van der Waals surface area contributed by atoms with Crippen molar-refractivity contribution in [3.63, 3.8) is 0 Å². The van der Waals surface area contributed by atoms with Gasteiger partial charge in [-0.3, -0.25) is 0 Å². The maximum absolute atomic E-state index is 13.9. The summed E-state index contributed by atoms with van der Waals surface area (Å²) in [4.78, 5) is 3.61. The van der Waals surface area contributed by atoms with Crippen molar-refractivity contribution in [2.75, 3.05) is 18.5 Å². The Labute approximate surface area is 209 Å². The molecule has 2 N–H and O–H groups in total. The Hall–Kier alpha value is -1.94. The minimum atomic E-state index is -3.81. The highest BCUT2D eigenvalue weighted by atomic mass is 35.5. The molecule has 1 aliphatic heterocycles. The van der Waals surface area contributed by atoms with Crippen molar-refractivity contribution >= 4 is 44.3 Å². The van der Waals surface area contributed by atoms with E-state index in [2.05, 4.69) is 4.90 Å². The quantitative estimate of drug-likeness (QED) is 0.497. The predicted molar refractivity (Wildman–Crippen MR) is 136 cm³/mol. The molecule has 2 heterocycles. The van der Waals surface area contributed by atoms with E-state index in [0.717, 1.165) is 24.9 Å². The third-order valence-electron chi connectivity index (χ3n) is 7.03. The number of likely N-dealkylation sites (N-methyl/N-ethyl adjacent to an activating group) is 1. The molecule has 0 unspecified atom stereocenters. The van der Waals surface area contributed by atoms with Gasteiger partial charge in [-0.05, 0) is 54.7 Å². The van der Waals surface area contributed by atoms with Gasteiger partial charge >= 0.3 is 0 Å². The molecule has 34 heavy (non-hydrogen) atoms. The number of nitrogens with zero attached hydrogens (tertiary/aromatic N) is 2. The number of fused-ring (bicyclic) bond motifs is 1. The Morgan fingerprint density at radius 3 is 2.44 bits per heavy atom. The van der Waals surface area contributed by atoms with Gasteiger partial charge in [0, 0.05) is 40.6 Å². The first-order chi connectivity index (χ1) is 16.3. The fraction of sp³-hybridized carbons (Fsp3) is 0.360. The van der Waals surface area contributed by atoms with Crippen LogP contribution >= 0.6 is 22.9 Å². The second-order valence-corrected chi connectivity index (χ2v) is 12.4. The summed E-state index contributed by atoms with van der Waals surface area (Å²) < 4.78 is 29.4. The zero-order chi connectivity index (χ0) is 24.0. The van der Waals surface area contributed by atoms with Crippen LogP contribution in [0.4, 0.5) is 11.4 Å². The number of hydrogen-bond donors (Lipinski definition) is 2. The summed E-state index contributed by atoms with van der Waals surface area (Å²) in [5.74, 6) is 0.320. The normalized spacial score (nSPS) is 20.6. The van der Waals surface area contributed by atoms with Gasteiger partial charge in [-0.2, -0.15) is 4.31 Å². The average molecular weight is 519 g/mol. The first kappa shape index (κ1) is 23.8. The van der Waals surface area contributed by atoms with Gasteiger partial charge in [-0.15, -0.1) is 11.3 Å². The first-order valence-corrected chi connectivity index (χ1v) is 14.0. The number of rotatable bonds is 5. The minimum absolute atomic E-state index is 0.149. The highest BCUT2D eigenvalue weighted by molar-refractivity contribution is 7.89. The molecule has 1 saturated carbocycles. The first-order valence-electron chi connectivity index (χ1n) is 11.3. The molecule has 0 spiro atoms. The zero-order valence-electron chi connectivity index (χ0n) is 18.8. The van der Waals surface area contributed by atoms with E-state index in [4.69, 9.17) is 11.6 Å². The molecule has 6 nitrogen and oxygen atoms in total. The summed E-state index contributed by atoms with van der Waals surface area (Å²) >= 11 is 8.08. The molecule has 1 atom stereocenters. The lowest BCUT2D eigenvalue weighted by molar-refractivity contribution is 0.185. The molecule has 0 radical (unpaired) electrons. The topological polar surface area (TPSA) is 81.1 Å². The van der Waals surface area contributed by atoms with Gasteiger partial charge in [0.25, 0.3) is 0 Å².